The molecule has 0 aliphatic heterocycles. The van der Waals surface area contributed by atoms with E-state index in [0.29, 0.717) is 10.8 Å². The van der Waals surface area contributed by atoms with E-state index in [1.165, 1.54) is 12.1 Å². The lowest BCUT2D eigenvalue weighted by atomic mass is 10.1. The number of nitro benzene ring substituents is 1. The van der Waals surface area contributed by atoms with Gasteiger partial charge in [0, 0.05) is 10.5 Å². The van der Waals surface area contributed by atoms with E-state index in [2.05, 4.69) is 15.9 Å². The molecule has 1 rings (SSSR count). The van der Waals surface area contributed by atoms with Crippen LogP contribution in [0.2, 0.25) is 0 Å². The fourth-order valence-corrected chi connectivity index (χ4v) is 1.28. The zero-order valence-electron chi connectivity index (χ0n) is 6.78. The molecule has 0 amide bonds. The Hall–Kier alpha value is -1.23. The van der Waals surface area contributed by atoms with Crippen molar-refractivity contribution in [1.82, 2.24) is 0 Å². The van der Waals surface area contributed by atoms with Crippen LogP contribution in [0.3, 0.4) is 0 Å². The minimum Gasteiger partial charge on any atom is -0.298 e. The molecule has 0 heterocycles. The van der Waals surface area contributed by atoms with Crippen LogP contribution in [0.5, 0.6) is 0 Å². The summed E-state index contributed by atoms with van der Waals surface area (Å²) in [7, 11) is 0. The maximum Gasteiger partial charge on any atom is 0.281 e. The summed E-state index contributed by atoms with van der Waals surface area (Å²) >= 11 is 3.16. The molecule has 0 radical (unpaired) electrons. The molecule has 68 valence electrons. The Kier molecular flexibility index (Phi) is 2.77. The van der Waals surface area contributed by atoms with Gasteiger partial charge >= 0.3 is 0 Å². The van der Waals surface area contributed by atoms with Gasteiger partial charge in [-0.3, -0.25) is 14.9 Å². The third kappa shape index (κ3) is 1.92. The monoisotopic (exact) mass is 243 g/mol. The molecule has 0 bridgehead atoms. The molecule has 0 atom stereocenters. The van der Waals surface area contributed by atoms with Crippen LogP contribution in [0.1, 0.15) is 15.9 Å². The summed E-state index contributed by atoms with van der Waals surface area (Å²) < 4.78 is 0.629. The first-order valence-corrected chi connectivity index (χ1v) is 4.25. The van der Waals surface area contributed by atoms with E-state index < -0.39 is 4.92 Å². The largest absolute Gasteiger partial charge is 0.298 e. The number of carbonyl (C=O) groups is 1. The first-order valence-electron chi connectivity index (χ1n) is 3.46. The summed E-state index contributed by atoms with van der Waals surface area (Å²) in [6, 6.07) is 2.81. The lowest BCUT2D eigenvalue weighted by Crippen LogP contribution is -1.95. The summed E-state index contributed by atoms with van der Waals surface area (Å²) in [5.41, 5.74) is 0.728. The highest BCUT2D eigenvalue weighted by Gasteiger charge is 2.14. The highest BCUT2D eigenvalue weighted by molar-refractivity contribution is 9.10. The second-order valence-corrected chi connectivity index (χ2v) is 3.39. The van der Waals surface area contributed by atoms with Gasteiger partial charge in [-0.15, -0.1) is 0 Å². The highest BCUT2D eigenvalue weighted by atomic mass is 79.9. The van der Waals surface area contributed by atoms with Crippen molar-refractivity contribution in [3.8, 4) is 0 Å². The van der Waals surface area contributed by atoms with Crippen molar-refractivity contribution in [3.63, 3.8) is 0 Å². The topological polar surface area (TPSA) is 60.2 Å². The summed E-state index contributed by atoms with van der Waals surface area (Å²) in [6.45, 7) is 1.76. The average Bonchev–Trinajstić information content (AvgIpc) is 2.08. The van der Waals surface area contributed by atoms with Crippen LogP contribution in [-0.2, 0) is 0 Å². The molecule has 0 saturated heterocycles. The van der Waals surface area contributed by atoms with E-state index in [-0.39, 0.29) is 11.3 Å². The molecule has 0 spiro atoms. The number of aryl methyl sites for hydroxylation is 1. The first kappa shape index (κ1) is 9.85. The summed E-state index contributed by atoms with van der Waals surface area (Å²) in [6.07, 6.45) is 0.484. The third-order valence-corrected chi connectivity index (χ3v) is 2.49. The molecule has 13 heavy (non-hydrogen) atoms. The van der Waals surface area contributed by atoms with Gasteiger partial charge < -0.3 is 0 Å². The standard InChI is InChI=1S/C8H6BrNO3/c1-5-2-6(4-11)8(10(12)13)3-7(5)9/h2-4H,1H3. The molecule has 0 unspecified atom stereocenters. The minimum absolute atomic E-state index is 0.103. The number of carbonyl (C=O) groups excluding carboxylic acids is 1. The van der Waals surface area contributed by atoms with Crippen LogP contribution < -0.4 is 0 Å². The Morgan fingerprint density at radius 3 is 2.62 bits per heavy atom. The van der Waals surface area contributed by atoms with Crippen molar-refractivity contribution in [2.45, 2.75) is 6.92 Å². The van der Waals surface area contributed by atoms with E-state index in [9.17, 15) is 14.9 Å². The minimum atomic E-state index is -0.575. The third-order valence-electron chi connectivity index (χ3n) is 1.63. The van der Waals surface area contributed by atoms with E-state index >= 15 is 0 Å². The molecular formula is C8H6BrNO3. The SMILES string of the molecule is Cc1cc(C=O)c([N+](=O)[O-])cc1Br. The van der Waals surface area contributed by atoms with Gasteiger partial charge in [-0.1, -0.05) is 15.9 Å². The Morgan fingerprint density at radius 1 is 1.54 bits per heavy atom. The van der Waals surface area contributed by atoms with Crippen molar-refractivity contribution in [3.05, 3.63) is 37.8 Å². The number of hydrogen-bond acceptors (Lipinski definition) is 3. The van der Waals surface area contributed by atoms with Gasteiger partial charge in [0.1, 0.15) is 0 Å². The second-order valence-electron chi connectivity index (χ2n) is 2.54. The van der Waals surface area contributed by atoms with Crippen LogP contribution in [-0.4, -0.2) is 11.2 Å². The van der Waals surface area contributed by atoms with Gasteiger partial charge in [-0.2, -0.15) is 0 Å². The number of hydrogen-bond donors (Lipinski definition) is 0. The van der Waals surface area contributed by atoms with Crippen molar-refractivity contribution in [1.29, 1.82) is 0 Å². The van der Waals surface area contributed by atoms with E-state index in [1.54, 1.807) is 6.92 Å². The van der Waals surface area contributed by atoms with Gasteiger partial charge in [0.2, 0.25) is 0 Å². The average molecular weight is 244 g/mol. The predicted octanol–water partition coefficient (Wildman–Crippen LogP) is 2.48. The quantitative estimate of drug-likeness (QED) is 0.456. The van der Waals surface area contributed by atoms with Crippen LogP contribution in [0, 0.1) is 17.0 Å². The van der Waals surface area contributed by atoms with Crippen LogP contribution in [0.4, 0.5) is 5.69 Å². The summed E-state index contributed by atoms with van der Waals surface area (Å²) in [4.78, 5) is 20.4. The lowest BCUT2D eigenvalue weighted by molar-refractivity contribution is -0.385. The van der Waals surface area contributed by atoms with Gasteiger partial charge in [-0.25, -0.2) is 0 Å². The highest BCUT2D eigenvalue weighted by Crippen LogP contribution is 2.25. The molecule has 1 aromatic carbocycles. The molecule has 0 fully saturated rings. The normalized spacial score (nSPS) is 9.69. The summed E-state index contributed by atoms with van der Waals surface area (Å²) in [5.74, 6) is 0. The zero-order valence-corrected chi connectivity index (χ0v) is 8.37. The number of aldehydes is 1. The summed E-state index contributed by atoms with van der Waals surface area (Å²) in [5, 5.41) is 10.5. The fraction of sp³-hybridized carbons (Fsp3) is 0.125. The van der Waals surface area contributed by atoms with Crippen LogP contribution in [0.25, 0.3) is 0 Å². The number of nitro groups is 1. The molecule has 4 nitrogen and oxygen atoms in total. The van der Waals surface area contributed by atoms with Gasteiger partial charge in [0.15, 0.2) is 6.29 Å². The van der Waals surface area contributed by atoms with Crippen LogP contribution >= 0.6 is 15.9 Å². The van der Waals surface area contributed by atoms with Gasteiger partial charge in [-0.05, 0) is 18.6 Å². The molecule has 0 aliphatic carbocycles. The molecule has 0 saturated carbocycles. The first-order chi connectivity index (χ1) is 6.06. The second kappa shape index (κ2) is 3.66. The van der Waals surface area contributed by atoms with Crippen molar-refractivity contribution in [2.75, 3.05) is 0 Å². The van der Waals surface area contributed by atoms with E-state index in [4.69, 9.17) is 0 Å². The maximum atomic E-state index is 10.5. The Morgan fingerprint density at radius 2 is 2.15 bits per heavy atom. The molecule has 0 aromatic heterocycles. The maximum absolute atomic E-state index is 10.5. The molecular weight excluding hydrogens is 238 g/mol. The number of benzene rings is 1. The van der Waals surface area contributed by atoms with Gasteiger partial charge in [0.25, 0.3) is 5.69 Å². The lowest BCUT2D eigenvalue weighted by Gasteiger charge is -1.99. The fourth-order valence-electron chi connectivity index (χ4n) is 0.946. The number of nitrogens with zero attached hydrogens (tertiary/aromatic N) is 1. The molecule has 0 N–H and O–H groups in total. The van der Waals surface area contributed by atoms with Gasteiger partial charge in [0.05, 0.1) is 10.5 Å². The van der Waals surface area contributed by atoms with Crippen molar-refractivity contribution >= 4 is 27.9 Å². The predicted molar refractivity (Wildman–Crippen MR) is 50.9 cm³/mol. The molecule has 5 heteroatoms. The van der Waals surface area contributed by atoms with E-state index in [1.807, 2.05) is 0 Å². The zero-order chi connectivity index (χ0) is 10.0. The number of rotatable bonds is 2. The van der Waals surface area contributed by atoms with Crippen molar-refractivity contribution in [2.24, 2.45) is 0 Å². The Bertz CT molecular complexity index is 376. The number of halogens is 1. The smallest absolute Gasteiger partial charge is 0.281 e. The van der Waals surface area contributed by atoms with Crippen LogP contribution in [0.15, 0.2) is 16.6 Å². The van der Waals surface area contributed by atoms with E-state index in [0.717, 1.165) is 5.56 Å². The Labute approximate surface area is 82.8 Å². The molecule has 1 aromatic rings. The molecule has 0 aliphatic rings. The Balaban J connectivity index is 3.41. The van der Waals surface area contributed by atoms with Crippen molar-refractivity contribution < 1.29 is 9.72 Å².